The first-order valence-corrected chi connectivity index (χ1v) is 10.7. The zero-order valence-corrected chi connectivity index (χ0v) is 17.8. The molecule has 176 valence electrons. The summed E-state index contributed by atoms with van der Waals surface area (Å²) in [7, 11) is -1.76. The van der Waals surface area contributed by atoms with Gasteiger partial charge < -0.3 is 14.4 Å². The molecular weight excluding hydrogens is 462 g/mol. The Kier molecular flexibility index (Phi) is 9.70. The number of ether oxygens (including phenoxy) is 1. The number of benzene rings is 2. The summed E-state index contributed by atoms with van der Waals surface area (Å²) in [6.45, 7) is -1.69. The zero-order valence-electron chi connectivity index (χ0n) is 16.9. The van der Waals surface area contributed by atoms with Crippen LogP contribution < -0.4 is 5.32 Å². The van der Waals surface area contributed by atoms with Crippen LogP contribution in [-0.4, -0.2) is 51.5 Å². The number of nitrogens with one attached hydrogen (secondary N) is 1. The summed E-state index contributed by atoms with van der Waals surface area (Å²) in [5.74, 6) is -1.45. The molecule has 1 N–H and O–H groups in total. The predicted molar refractivity (Wildman–Crippen MR) is 112 cm³/mol. The first-order valence-electron chi connectivity index (χ1n) is 9.28. The van der Waals surface area contributed by atoms with E-state index in [2.05, 4.69) is 14.4 Å². The van der Waals surface area contributed by atoms with E-state index in [1.54, 1.807) is 60.7 Å². The molecule has 0 bridgehead atoms. The number of alkyl carbamates (subject to hydrolysis) is 1. The van der Waals surface area contributed by atoms with E-state index < -0.39 is 63.3 Å². The Morgan fingerprint density at radius 1 is 0.909 bits per heavy atom. The largest absolute Gasteiger partial charge is 0.447 e. The molecule has 0 aromatic heterocycles. The maximum Gasteiger partial charge on any atom is 0.413 e. The third kappa shape index (κ3) is 8.90. The van der Waals surface area contributed by atoms with Gasteiger partial charge in [0.25, 0.3) is 10.2 Å². The van der Waals surface area contributed by atoms with Gasteiger partial charge in [-0.3, -0.25) is 14.3 Å². The fraction of sp³-hybridized carbons (Fsp3) is 0.263. The van der Waals surface area contributed by atoms with Gasteiger partial charge in [-0.25, -0.2) is 4.79 Å². The number of rotatable bonds is 12. The summed E-state index contributed by atoms with van der Waals surface area (Å²) >= 11 is 0. The lowest BCUT2D eigenvalue weighted by atomic mass is 10.0. The van der Waals surface area contributed by atoms with Gasteiger partial charge in [0.15, 0.2) is 6.10 Å². The van der Waals surface area contributed by atoms with Crippen LogP contribution in [0.5, 0.6) is 0 Å². The van der Waals surface area contributed by atoms with Crippen LogP contribution >= 0.6 is 0 Å². The normalized spacial score (nSPS) is 12.3. The Morgan fingerprint density at radius 3 is 1.94 bits per heavy atom. The van der Waals surface area contributed by atoms with E-state index in [-0.39, 0.29) is 0 Å². The topological polar surface area (TPSA) is 177 Å². The van der Waals surface area contributed by atoms with E-state index in [9.17, 15) is 34.0 Å². The Morgan fingerprint density at radius 2 is 1.45 bits per heavy atom. The van der Waals surface area contributed by atoms with Crippen LogP contribution in [0.2, 0.25) is 0 Å². The molecule has 0 aliphatic rings. The van der Waals surface area contributed by atoms with Crippen molar-refractivity contribution in [3.63, 3.8) is 0 Å². The van der Waals surface area contributed by atoms with Crippen LogP contribution in [0.3, 0.4) is 0 Å². The average molecular weight is 481 g/mol. The van der Waals surface area contributed by atoms with Gasteiger partial charge in [0.05, 0.1) is 5.25 Å². The van der Waals surface area contributed by atoms with Crippen LogP contribution in [0.15, 0.2) is 60.7 Å². The number of nitrogens with zero attached hydrogens (tertiary/aromatic N) is 2. The van der Waals surface area contributed by atoms with Gasteiger partial charge in [-0.15, -0.1) is 20.2 Å². The molecule has 2 aromatic carbocycles. The van der Waals surface area contributed by atoms with Gasteiger partial charge in [-0.2, -0.15) is 0 Å². The monoisotopic (exact) mass is 481 g/mol. The second-order valence-corrected chi connectivity index (χ2v) is 7.87. The standard InChI is InChI=1S/C19H19N3O10S/c23-17(20-19(24)30-11-16(32-22(27)28)12-31-21(25)26)13-33(29)18(14-7-3-1-4-8-14)15-9-5-2-6-10-15/h1-10,16,18H,11-13H2,(H,20,23,24). The van der Waals surface area contributed by atoms with Crippen molar-refractivity contribution >= 4 is 22.8 Å². The molecule has 2 rings (SSSR count). The molecular formula is C19H19N3O10S. The lowest BCUT2D eigenvalue weighted by Gasteiger charge is -2.18. The number of hydrogen-bond donors (Lipinski definition) is 1. The summed E-state index contributed by atoms with van der Waals surface area (Å²) in [6.07, 6.45) is -2.90. The molecule has 2 atom stereocenters. The number of carbonyl (C=O) groups is 2. The van der Waals surface area contributed by atoms with Gasteiger partial charge in [0, 0.05) is 10.8 Å². The lowest BCUT2D eigenvalue weighted by molar-refractivity contribution is -0.790. The minimum absolute atomic E-state index is 0.539. The lowest BCUT2D eigenvalue weighted by Crippen LogP contribution is -2.38. The first kappa shape index (κ1) is 25.2. The summed E-state index contributed by atoms with van der Waals surface area (Å²) in [6, 6.07) is 17.7. The maximum atomic E-state index is 13.0. The molecule has 0 fully saturated rings. The fourth-order valence-corrected chi connectivity index (χ4v) is 4.11. The Balaban J connectivity index is 1.95. The summed E-state index contributed by atoms with van der Waals surface area (Å²) < 4.78 is 17.6. The second-order valence-electron chi connectivity index (χ2n) is 6.34. The average Bonchev–Trinajstić information content (AvgIpc) is 2.76. The molecule has 0 aliphatic carbocycles. The van der Waals surface area contributed by atoms with Gasteiger partial charge in [0.1, 0.15) is 19.0 Å². The molecule has 0 heterocycles. The maximum absolute atomic E-state index is 13.0. The van der Waals surface area contributed by atoms with Crippen molar-refractivity contribution in [1.29, 1.82) is 0 Å². The molecule has 13 nitrogen and oxygen atoms in total. The van der Waals surface area contributed by atoms with Crippen molar-refractivity contribution in [2.45, 2.75) is 11.4 Å². The highest BCUT2D eigenvalue weighted by molar-refractivity contribution is 7.86. The van der Waals surface area contributed by atoms with Crippen molar-refractivity contribution in [1.82, 2.24) is 5.32 Å². The van der Waals surface area contributed by atoms with E-state index in [0.717, 1.165) is 0 Å². The number of carbonyl (C=O) groups excluding carboxylic acids is 2. The fourth-order valence-electron chi connectivity index (χ4n) is 2.69. The first-order chi connectivity index (χ1) is 15.8. The van der Waals surface area contributed by atoms with Crippen molar-refractivity contribution < 1.29 is 38.4 Å². The number of imide groups is 1. The third-order valence-corrected chi connectivity index (χ3v) is 5.60. The van der Waals surface area contributed by atoms with Crippen LogP contribution in [0.1, 0.15) is 16.4 Å². The summed E-state index contributed by atoms with van der Waals surface area (Å²) in [4.78, 5) is 52.7. The number of amides is 2. The zero-order chi connectivity index (χ0) is 24.2. The molecule has 0 aliphatic heterocycles. The van der Waals surface area contributed by atoms with Gasteiger partial charge in [-0.05, 0) is 11.1 Å². The Hall–Kier alpha value is -4.07. The van der Waals surface area contributed by atoms with Gasteiger partial charge in [0.2, 0.25) is 5.91 Å². The summed E-state index contributed by atoms with van der Waals surface area (Å²) in [5, 5.41) is 19.4. The molecule has 0 spiro atoms. The van der Waals surface area contributed by atoms with E-state index in [0.29, 0.717) is 11.1 Å². The smallest absolute Gasteiger partial charge is 0.413 e. The van der Waals surface area contributed by atoms with Crippen molar-refractivity contribution in [3.05, 3.63) is 92.0 Å². The molecule has 0 saturated carbocycles. The van der Waals surface area contributed by atoms with Crippen LogP contribution in [0, 0.1) is 20.2 Å². The van der Waals surface area contributed by atoms with Crippen LogP contribution in [-0.2, 0) is 30.0 Å². The minimum atomic E-state index is -1.76. The Labute approximate surface area is 189 Å². The molecule has 2 unspecified atom stereocenters. The highest BCUT2D eigenvalue weighted by Gasteiger charge is 2.25. The summed E-state index contributed by atoms with van der Waals surface area (Å²) in [5.41, 5.74) is 1.42. The quantitative estimate of drug-likeness (QED) is 0.345. The van der Waals surface area contributed by atoms with E-state index in [1.807, 2.05) is 5.32 Å². The van der Waals surface area contributed by atoms with Crippen LogP contribution in [0.4, 0.5) is 4.79 Å². The number of hydrogen-bond acceptors (Lipinski definition) is 10. The molecule has 0 radical (unpaired) electrons. The second kappa shape index (κ2) is 12.7. The van der Waals surface area contributed by atoms with Crippen LogP contribution in [0.25, 0.3) is 0 Å². The third-order valence-electron chi connectivity index (χ3n) is 3.98. The SMILES string of the molecule is O=C(CS(=O)C(c1ccccc1)c1ccccc1)NC(=O)OCC(CO[N+](=O)[O-])O[N+](=O)[O-]. The molecule has 33 heavy (non-hydrogen) atoms. The molecule has 0 saturated heterocycles. The highest BCUT2D eigenvalue weighted by Crippen LogP contribution is 2.28. The van der Waals surface area contributed by atoms with Gasteiger partial charge >= 0.3 is 6.09 Å². The Bertz CT molecular complexity index is 950. The van der Waals surface area contributed by atoms with Crippen molar-refractivity contribution in [2.75, 3.05) is 19.0 Å². The van der Waals surface area contributed by atoms with E-state index in [1.165, 1.54) is 0 Å². The molecule has 2 amide bonds. The minimum Gasteiger partial charge on any atom is -0.447 e. The van der Waals surface area contributed by atoms with Crippen molar-refractivity contribution in [2.24, 2.45) is 0 Å². The van der Waals surface area contributed by atoms with Gasteiger partial charge in [-0.1, -0.05) is 60.7 Å². The van der Waals surface area contributed by atoms with E-state index in [4.69, 9.17) is 0 Å². The van der Waals surface area contributed by atoms with E-state index >= 15 is 0 Å². The highest BCUT2D eigenvalue weighted by atomic mass is 32.2. The predicted octanol–water partition coefficient (Wildman–Crippen LogP) is 1.56. The molecule has 2 aromatic rings. The molecule has 14 heteroatoms. The van der Waals surface area contributed by atoms with Crippen molar-refractivity contribution in [3.8, 4) is 0 Å².